The van der Waals surface area contributed by atoms with Crippen LogP contribution in [0.3, 0.4) is 0 Å². The first-order valence-corrected chi connectivity index (χ1v) is 11.4. The van der Waals surface area contributed by atoms with E-state index in [2.05, 4.69) is 9.80 Å². The van der Waals surface area contributed by atoms with Crippen LogP contribution in [0.1, 0.15) is 38.7 Å². The van der Waals surface area contributed by atoms with Crippen molar-refractivity contribution in [1.29, 1.82) is 0 Å². The van der Waals surface area contributed by atoms with E-state index in [9.17, 15) is 15.2 Å². The number of nitrogens with zero attached hydrogens (tertiary/aromatic N) is 3. The molecular weight excluding hydrogens is 477 g/mol. The minimum Gasteiger partial charge on any atom is -0.491 e. The minimum absolute atomic E-state index is 0. The average Bonchev–Trinajstić information content (AvgIpc) is 2.77. The highest BCUT2D eigenvalue weighted by molar-refractivity contribution is 5.85. The molecule has 0 amide bonds. The lowest BCUT2D eigenvalue weighted by molar-refractivity contribution is -0.385. The number of ether oxygens (including phenoxy) is 1. The Morgan fingerprint density at radius 1 is 1.12 bits per heavy atom. The molecule has 190 valence electrons. The van der Waals surface area contributed by atoms with Crippen LogP contribution in [0, 0.1) is 10.1 Å². The van der Waals surface area contributed by atoms with E-state index in [-0.39, 0.29) is 41.5 Å². The summed E-state index contributed by atoms with van der Waals surface area (Å²) in [6.07, 6.45) is 2.96. The van der Waals surface area contributed by atoms with E-state index < -0.39 is 5.60 Å². The molecule has 0 aliphatic carbocycles. The monoisotopic (exact) mass is 513 g/mol. The van der Waals surface area contributed by atoms with Gasteiger partial charge in [-0.2, -0.15) is 0 Å². The fourth-order valence-electron chi connectivity index (χ4n) is 4.18. The van der Waals surface area contributed by atoms with Crippen LogP contribution in [0.25, 0.3) is 0 Å². The van der Waals surface area contributed by atoms with Gasteiger partial charge in [-0.1, -0.05) is 18.2 Å². The lowest BCUT2D eigenvalue weighted by Gasteiger charge is -2.39. The standard InChI is InChI=1S/C25H35N3O4.2ClH/c1-20(2)32-23-10-8-22(9-11-23)26(3)17-13-25(29)14-18-27(19-15-25)16-12-21-6-4-5-7-24(21)28(30)31;;/h4-11,20,29H,12-19H2,1-3H3;2*1H. The number of rotatable bonds is 10. The number of para-hydroxylation sites is 1. The predicted molar refractivity (Wildman–Crippen MR) is 142 cm³/mol. The Labute approximate surface area is 215 Å². The first-order chi connectivity index (χ1) is 15.3. The van der Waals surface area contributed by atoms with E-state index in [0.717, 1.165) is 56.0 Å². The minimum atomic E-state index is -0.663. The third-order valence-electron chi connectivity index (χ3n) is 6.23. The molecule has 0 bridgehead atoms. The molecule has 0 unspecified atom stereocenters. The molecule has 2 aromatic rings. The second kappa shape index (κ2) is 13.7. The Morgan fingerprint density at radius 2 is 1.74 bits per heavy atom. The predicted octanol–water partition coefficient (Wildman–Crippen LogP) is 5.12. The van der Waals surface area contributed by atoms with Gasteiger partial charge in [0.25, 0.3) is 5.69 Å². The van der Waals surface area contributed by atoms with Gasteiger partial charge in [0, 0.05) is 50.5 Å². The van der Waals surface area contributed by atoms with Crippen molar-refractivity contribution in [3.8, 4) is 5.75 Å². The first-order valence-electron chi connectivity index (χ1n) is 11.4. The molecular formula is C25H37Cl2N3O4. The van der Waals surface area contributed by atoms with E-state index in [1.807, 2.05) is 57.3 Å². The van der Waals surface area contributed by atoms with Gasteiger partial charge in [0.15, 0.2) is 0 Å². The van der Waals surface area contributed by atoms with Crippen LogP contribution in [0.2, 0.25) is 0 Å². The molecule has 7 nitrogen and oxygen atoms in total. The van der Waals surface area contributed by atoms with Crippen LogP contribution < -0.4 is 9.64 Å². The molecule has 1 aliphatic rings. The van der Waals surface area contributed by atoms with Gasteiger partial charge in [-0.25, -0.2) is 0 Å². The summed E-state index contributed by atoms with van der Waals surface area (Å²) in [5.41, 5.74) is 1.40. The molecule has 0 radical (unpaired) electrons. The summed E-state index contributed by atoms with van der Waals surface area (Å²) in [7, 11) is 2.05. The zero-order chi connectivity index (χ0) is 23.1. The summed E-state index contributed by atoms with van der Waals surface area (Å²) >= 11 is 0. The number of nitro groups is 1. The Morgan fingerprint density at radius 3 is 2.32 bits per heavy atom. The van der Waals surface area contributed by atoms with Crippen LogP contribution in [0.5, 0.6) is 5.75 Å². The van der Waals surface area contributed by atoms with Crippen molar-refractivity contribution in [3.05, 3.63) is 64.2 Å². The molecule has 3 rings (SSSR count). The van der Waals surface area contributed by atoms with Crippen molar-refractivity contribution in [3.63, 3.8) is 0 Å². The topological polar surface area (TPSA) is 79.1 Å². The van der Waals surface area contributed by atoms with Crippen molar-refractivity contribution in [1.82, 2.24) is 4.90 Å². The van der Waals surface area contributed by atoms with Gasteiger partial charge in [0.05, 0.1) is 16.6 Å². The van der Waals surface area contributed by atoms with Crippen molar-refractivity contribution in [2.24, 2.45) is 0 Å². The summed E-state index contributed by atoms with van der Waals surface area (Å²) in [4.78, 5) is 15.3. The number of likely N-dealkylation sites (tertiary alicyclic amines) is 1. The van der Waals surface area contributed by atoms with Crippen molar-refractivity contribution in [2.75, 3.05) is 38.1 Å². The Bertz CT molecular complexity index is 888. The summed E-state index contributed by atoms with van der Waals surface area (Å²) in [5, 5.41) is 22.3. The number of aliphatic hydroxyl groups is 1. The Balaban J connectivity index is 0.00000289. The van der Waals surface area contributed by atoms with Gasteiger partial charge in [-0.15, -0.1) is 24.8 Å². The van der Waals surface area contributed by atoms with E-state index in [1.165, 1.54) is 0 Å². The summed E-state index contributed by atoms with van der Waals surface area (Å²) in [5.74, 6) is 0.865. The summed E-state index contributed by atoms with van der Waals surface area (Å²) < 4.78 is 5.70. The van der Waals surface area contributed by atoms with Gasteiger partial charge >= 0.3 is 0 Å². The number of hydrogen-bond acceptors (Lipinski definition) is 6. The largest absolute Gasteiger partial charge is 0.491 e. The van der Waals surface area contributed by atoms with Crippen LogP contribution >= 0.6 is 24.8 Å². The van der Waals surface area contributed by atoms with Crippen LogP contribution in [0.4, 0.5) is 11.4 Å². The van der Waals surface area contributed by atoms with E-state index in [4.69, 9.17) is 4.74 Å². The second-order valence-corrected chi connectivity index (χ2v) is 9.03. The van der Waals surface area contributed by atoms with Crippen molar-refractivity contribution >= 4 is 36.2 Å². The fraction of sp³-hybridized carbons (Fsp3) is 0.520. The maximum atomic E-state index is 11.2. The Kier molecular flexibility index (Phi) is 12.1. The molecule has 2 aromatic carbocycles. The molecule has 1 fully saturated rings. The molecule has 0 spiro atoms. The number of benzene rings is 2. The second-order valence-electron chi connectivity index (χ2n) is 9.03. The molecule has 1 N–H and O–H groups in total. The zero-order valence-corrected chi connectivity index (χ0v) is 21.8. The lowest BCUT2D eigenvalue weighted by Crippen LogP contribution is -2.46. The van der Waals surface area contributed by atoms with Crippen LogP contribution in [0.15, 0.2) is 48.5 Å². The average molecular weight is 514 g/mol. The first kappa shape index (κ1) is 30.0. The number of anilines is 1. The molecule has 1 heterocycles. The van der Waals surface area contributed by atoms with Gasteiger partial charge in [-0.3, -0.25) is 10.1 Å². The Hall–Kier alpha value is -2.06. The van der Waals surface area contributed by atoms with Crippen LogP contribution in [-0.4, -0.2) is 59.9 Å². The highest BCUT2D eigenvalue weighted by atomic mass is 35.5. The van der Waals surface area contributed by atoms with Gasteiger partial charge in [-0.05, 0) is 63.8 Å². The van der Waals surface area contributed by atoms with E-state index in [1.54, 1.807) is 12.1 Å². The third-order valence-corrected chi connectivity index (χ3v) is 6.23. The maximum Gasteiger partial charge on any atom is 0.272 e. The van der Waals surface area contributed by atoms with Crippen molar-refractivity contribution < 1.29 is 14.8 Å². The molecule has 0 saturated carbocycles. The SMILES string of the molecule is CC(C)Oc1ccc(N(C)CCC2(O)CCN(CCc3ccccc3[N+](=O)[O-])CC2)cc1.Cl.Cl. The smallest absolute Gasteiger partial charge is 0.272 e. The highest BCUT2D eigenvalue weighted by Gasteiger charge is 2.32. The van der Waals surface area contributed by atoms with Gasteiger partial charge in [0.1, 0.15) is 5.75 Å². The maximum absolute atomic E-state index is 11.2. The normalized spacial score (nSPS) is 15.2. The third kappa shape index (κ3) is 8.62. The van der Waals surface area contributed by atoms with Gasteiger partial charge < -0.3 is 19.6 Å². The zero-order valence-electron chi connectivity index (χ0n) is 20.2. The lowest BCUT2D eigenvalue weighted by atomic mass is 9.88. The highest BCUT2D eigenvalue weighted by Crippen LogP contribution is 2.28. The van der Waals surface area contributed by atoms with E-state index in [0.29, 0.717) is 12.8 Å². The van der Waals surface area contributed by atoms with Crippen molar-refractivity contribution in [2.45, 2.75) is 51.2 Å². The number of halogens is 2. The number of hydrogen-bond donors (Lipinski definition) is 1. The van der Waals surface area contributed by atoms with Crippen LogP contribution in [-0.2, 0) is 6.42 Å². The summed E-state index contributed by atoms with van der Waals surface area (Å²) in [6, 6.07) is 15.0. The van der Waals surface area contributed by atoms with E-state index >= 15 is 0 Å². The molecule has 0 aromatic heterocycles. The number of piperidine rings is 1. The quantitative estimate of drug-likeness (QED) is 0.350. The molecule has 1 saturated heterocycles. The summed E-state index contributed by atoms with van der Waals surface area (Å²) in [6.45, 7) is 7.18. The molecule has 9 heteroatoms. The molecule has 1 aliphatic heterocycles. The molecule has 0 atom stereocenters. The van der Waals surface area contributed by atoms with Gasteiger partial charge in [0.2, 0.25) is 0 Å². The number of nitro benzene ring substituents is 1. The molecule has 34 heavy (non-hydrogen) atoms. The fourth-order valence-corrected chi connectivity index (χ4v) is 4.18.